The molecule has 0 saturated heterocycles. The van der Waals surface area contributed by atoms with E-state index in [0.717, 1.165) is 48.7 Å². The standard InChI is InChI=1S/C27H32N4O/c1-3-31(4-2)20-8-19-29-27(32)23-13-16-25(17-14-23)30-26-11-7-9-22(21-26)12-15-24-10-5-6-18-28-24/h5-7,9-18,21,30H,3-4,8,19-20H2,1-2H3,(H,29,32)/b15-12+. The molecular weight excluding hydrogens is 396 g/mol. The summed E-state index contributed by atoms with van der Waals surface area (Å²) in [6.45, 7) is 8.10. The van der Waals surface area contributed by atoms with Gasteiger partial charge in [0.2, 0.25) is 0 Å². The van der Waals surface area contributed by atoms with Crippen LogP contribution in [0.2, 0.25) is 0 Å². The number of hydrogen-bond acceptors (Lipinski definition) is 4. The van der Waals surface area contributed by atoms with E-state index in [1.165, 1.54) is 0 Å². The SMILES string of the molecule is CCN(CC)CCCNC(=O)c1ccc(Nc2cccc(/C=C/c3ccccn3)c2)cc1. The van der Waals surface area contributed by atoms with E-state index < -0.39 is 0 Å². The lowest BCUT2D eigenvalue weighted by Gasteiger charge is -2.17. The minimum atomic E-state index is -0.0299. The minimum Gasteiger partial charge on any atom is -0.356 e. The summed E-state index contributed by atoms with van der Waals surface area (Å²) in [5.41, 5.74) is 4.61. The van der Waals surface area contributed by atoms with Crippen molar-refractivity contribution in [2.75, 3.05) is 31.5 Å². The van der Waals surface area contributed by atoms with Crippen LogP contribution in [0.3, 0.4) is 0 Å². The van der Waals surface area contributed by atoms with Crippen molar-refractivity contribution in [3.05, 3.63) is 89.7 Å². The Bertz CT molecular complexity index is 996. The molecular formula is C27H32N4O. The number of carbonyl (C=O) groups excluding carboxylic acids is 1. The number of anilines is 2. The number of nitrogens with zero attached hydrogens (tertiary/aromatic N) is 2. The molecule has 3 aromatic rings. The van der Waals surface area contributed by atoms with Gasteiger partial charge in [-0.1, -0.05) is 38.1 Å². The minimum absolute atomic E-state index is 0.0299. The van der Waals surface area contributed by atoms with E-state index in [4.69, 9.17) is 0 Å². The Kier molecular flexibility index (Phi) is 9.02. The lowest BCUT2D eigenvalue weighted by molar-refractivity contribution is 0.0952. The van der Waals surface area contributed by atoms with Crippen molar-refractivity contribution in [2.24, 2.45) is 0 Å². The average Bonchev–Trinajstić information content (AvgIpc) is 2.84. The first kappa shape index (κ1) is 23.2. The molecule has 0 spiro atoms. The molecule has 1 amide bonds. The van der Waals surface area contributed by atoms with Gasteiger partial charge in [-0.15, -0.1) is 0 Å². The number of pyridine rings is 1. The molecule has 1 heterocycles. The summed E-state index contributed by atoms with van der Waals surface area (Å²) in [6.07, 6.45) is 6.78. The second-order valence-electron chi connectivity index (χ2n) is 7.55. The lowest BCUT2D eigenvalue weighted by Crippen LogP contribution is -2.29. The van der Waals surface area contributed by atoms with Gasteiger partial charge >= 0.3 is 0 Å². The van der Waals surface area contributed by atoms with Crippen LogP contribution in [0, 0.1) is 0 Å². The van der Waals surface area contributed by atoms with Crippen LogP contribution in [0.25, 0.3) is 12.2 Å². The molecule has 166 valence electrons. The number of nitrogens with one attached hydrogen (secondary N) is 2. The Labute approximate surface area is 191 Å². The molecule has 0 aliphatic carbocycles. The molecule has 0 unspecified atom stereocenters. The third-order valence-corrected chi connectivity index (χ3v) is 5.29. The maximum atomic E-state index is 12.4. The third kappa shape index (κ3) is 7.36. The van der Waals surface area contributed by atoms with Gasteiger partial charge in [0.15, 0.2) is 0 Å². The quantitative estimate of drug-likeness (QED) is 0.398. The van der Waals surface area contributed by atoms with Gasteiger partial charge in [-0.25, -0.2) is 0 Å². The molecule has 2 N–H and O–H groups in total. The molecule has 5 heteroatoms. The van der Waals surface area contributed by atoms with E-state index in [-0.39, 0.29) is 5.91 Å². The van der Waals surface area contributed by atoms with E-state index in [9.17, 15) is 4.79 Å². The second kappa shape index (κ2) is 12.4. The zero-order valence-corrected chi connectivity index (χ0v) is 18.9. The third-order valence-electron chi connectivity index (χ3n) is 5.29. The molecule has 32 heavy (non-hydrogen) atoms. The summed E-state index contributed by atoms with van der Waals surface area (Å²) in [5, 5.41) is 6.41. The first-order valence-corrected chi connectivity index (χ1v) is 11.2. The zero-order valence-electron chi connectivity index (χ0n) is 18.9. The van der Waals surface area contributed by atoms with Gasteiger partial charge in [-0.2, -0.15) is 0 Å². The van der Waals surface area contributed by atoms with Crippen molar-refractivity contribution in [3.63, 3.8) is 0 Å². The van der Waals surface area contributed by atoms with Crippen molar-refractivity contribution in [2.45, 2.75) is 20.3 Å². The van der Waals surface area contributed by atoms with Gasteiger partial charge in [-0.05, 0) is 86.2 Å². The molecule has 0 aliphatic rings. The van der Waals surface area contributed by atoms with Gasteiger partial charge in [-0.3, -0.25) is 9.78 Å². The topological polar surface area (TPSA) is 57.3 Å². The summed E-state index contributed by atoms with van der Waals surface area (Å²) in [4.78, 5) is 19.0. The zero-order chi connectivity index (χ0) is 22.6. The van der Waals surface area contributed by atoms with E-state index >= 15 is 0 Å². The molecule has 0 aliphatic heterocycles. The number of benzene rings is 2. The molecule has 0 bridgehead atoms. The first-order valence-electron chi connectivity index (χ1n) is 11.2. The van der Waals surface area contributed by atoms with Crippen molar-refractivity contribution in [1.82, 2.24) is 15.2 Å². The van der Waals surface area contributed by atoms with Gasteiger partial charge < -0.3 is 15.5 Å². The predicted molar refractivity (Wildman–Crippen MR) is 134 cm³/mol. The van der Waals surface area contributed by atoms with Gasteiger partial charge in [0.25, 0.3) is 5.91 Å². The van der Waals surface area contributed by atoms with E-state index in [1.807, 2.05) is 66.7 Å². The number of aromatic nitrogens is 1. The highest BCUT2D eigenvalue weighted by molar-refractivity contribution is 5.94. The summed E-state index contributed by atoms with van der Waals surface area (Å²) in [6, 6.07) is 21.6. The molecule has 0 radical (unpaired) electrons. The van der Waals surface area contributed by atoms with E-state index in [0.29, 0.717) is 12.1 Å². The van der Waals surface area contributed by atoms with Crippen LogP contribution in [0.4, 0.5) is 11.4 Å². The lowest BCUT2D eigenvalue weighted by atomic mass is 10.1. The monoisotopic (exact) mass is 428 g/mol. The van der Waals surface area contributed by atoms with Crippen molar-refractivity contribution in [3.8, 4) is 0 Å². The van der Waals surface area contributed by atoms with Crippen LogP contribution in [-0.2, 0) is 0 Å². The maximum absolute atomic E-state index is 12.4. The van der Waals surface area contributed by atoms with Crippen LogP contribution in [0.1, 0.15) is 41.9 Å². The summed E-state index contributed by atoms with van der Waals surface area (Å²) in [7, 11) is 0. The smallest absolute Gasteiger partial charge is 0.251 e. The van der Waals surface area contributed by atoms with Crippen LogP contribution < -0.4 is 10.6 Å². The fourth-order valence-electron chi connectivity index (χ4n) is 3.39. The Morgan fingerprint density at radius 3 is 2.47 bits per heavy atom. The first-order chi connectivity index (χ1) is 15.7. The van der Waals surface area contributed by atoms with Crippen LogP contribution in [0.5, 0.6) is 0 Å². The normalized spacial score (nSPS) is 11.1. The number of carbonyl (C=O) groups is 1. The van der Waals surface area contributed by atoms with E-state index in [1.54, 1.807) is 6.20 Å². The highest BCUT2D eigenvalue weighted by atomic mass is 16.1. The molecule has 0 atom stereocenters. The van der Waals surface area contributed by atoms with Gasteiger partial charge in [0, 0.05) is 29.7 Å². The molecule has 2 aromatic carbocycles. The highest BCUT2D eigenvalue weighted by Gasteiger charge is 2.06. The number of hydrogen-bond donors (Lipinski definition) is 2. The molecule has 0 fully saturated rings. The Balaban J connectivity index is 1.52. The summed E-state index contributed by atoms with van der Waals surface area (Å²) < 4.78 is 0. The molecule has 1 aromatic heterocycles. The van der Waals surface area contributed by atoms with Gasteiger partial charge in [0.1, 0.15) is 0 Å². The maximum Gasteiger partial charge on any atom is 0.251 e. The largest absolute Gasteiger partial charge is 0.356 e. The molecule has 0 saturated carbocycles. The van der Waals surface area contributed by atoms with E-state index in [2.05, 4.69) is 46.5 Å². The van der Waals surface area contributed by atoms with Crippen molar-refractivity contribution >= 4 is 29.4 Å². The highest BCUT2D eigenvalue weighted by Crippen LogP contribution is 2.19. The summed E-state index contributed by atoms with van der Waals surface area (Å²) >= 11 is 0. The van der Waals surface area contributed by atoms with Crippen molar-refractivity contribution in [1.29, 1.82) is 0 Å². The Morgan fingerprint density at radius 1 is 0.938 bits per heavy atom. The molecule has 5 nitrogen and oxygen atoms in total. The Morgan fingerprint density at radius 2 is 1.75 bits per heavy atom. The Hall–Kier alpha value is -3.44. The molecule has 3 rings (SSSR count). The van der Waals surface area contributed by atoms with Crippen LogP contribution in [-0.4, -0.2) is 42.0 Å². The van der Waals surface area contributed by atoms with Crippen molar-refractivity contribution < 1.29 is 4.79 Å². The van der Waals surface area contributed by atoms with Crippen LogP contribution in [0.15, 0.2) is 72.9 Å². The number of rotatable bonds is 11. The predicted octanol–water partition coefficient (Wildman–Crippen LogP) is 5.46. The van der Waals surface area contributed by atoms with Crippen LogP contribution >= 0.6 is 0 Å². The second-order valence-corrected chi connectivity index (χ2v) is 7.55. The fourth-order valence-corrected chi connectivity index (χ4v) is 3.39. The summed E-state index contributed by atoms with van der Waals surface area (Å²) in [5.74, 6) is -0.0299. The number of amides is 1. The fraction of sp³-hybridized carbons (Fsp3) is 0.259. The average molecular weight is 429 g/mol. The van der Waals surface area contributed by atoms with Gasteiger partial charge in [0.05, 0.1) is 5.69 Å².